The second-order valence-corrected chi connectivity index (χ2v) is 4.10. The summed E-state index contributed by atoms with van der Waals surface area (Å²) in [7, 11) is 1.56. The normalized spacial score (nSPS) is 10.8. The molecule has 0 spiro atoms. The van der Waals surface area contributed by atoms with Crippen LogP contribution >= 0.6 is 11.6 Å². The maximum absolute atomic E-state index is 5.86. The predicted molar refractivity (Wildman–Crippen MR) is 68.2 cm³/mol. The van der Waals surface area contributed by atoms with E-state index in [4.69, 9.17) is 16.3 Å². The molecule has 18 heavy (non-hydrogen) atoms. The number of fused-ring (bicyclic) bond motifs is 1. The molecule has 5 nitrogen and oxygen atoms in total. The first-order valence-corrected chi connectivity index (χ1v) is 5.68. The quantitative estimate of drug-likeness (QED) is 0.710. The van der Waals surface area contributed by atoms with Gasteiger partial charge in [0.15, 0.2) is 5.52 Å². The third-order valence-electron chi connectivity index (χ3n) is 2.60. The van der Waals surface area contributed by atoms with Gasteiger partial charge in [0.2, 0.25) is 5.88 Å². The van der Waals surface area contributed by atoms with E-state index in [1.807, 2.05) is 30.3 Å². The van der Waals surface area contributed by atoms with Crippen molar-refractivity contribution in [2.75, 3.05) is 7.11 Å². The van der Waals surface area contributed by atoms with Gasteiger partial charge in [-0.1, -0.05) is 16.8 Å². The average molecular weight is 261 g/mol. The lowest BCUT2D eigenvalue weighted by Gasteiger charge is -2.02. The van der Waals surface area contributed by atoms with E-state index in [1.165, 1.54) is 0 Å². The lowest BCUT2D eigenvalue weighted by molar-refractivity contribution is 0.402. The van der Waals surface area contributed by atoms with Gasteiger partial charge in [-0.15, -0.1) is 5.10 Å². The Hall–Kier alpha value is -2.14. The summed E-state index contributed by atoms with van der Waals surface area (Å²) in [5, 5.41) is 8.87. The fourth-order valence-corrected chi connectivity index (χ4v) is 1.88. The summed E-state index contributed by atoms with van der Waals surface area (Å²) >= 11 is 5.86. The van der Waals surface area contributed by atoms with Gasteiger partial charge in [-0.3, -0.25) is 0 Å². The minimum absolute atomic E-state index is 0.465. The van der Waals surface area contributed by atoms with Crippen LogP contribution in [0.5, 0.6) is 5.88 Å². The highest BCUT2D eigenvalue weighted by atomic mass is 35.5. The summed E-state index contributed by atoms with van der Waals surface area (Å²) < 4.78 is 6.87. The predicted octanol–water partition coefficient (Wildman–Crippen LogP) is 2.48. The molecule has 1 aromatic carbocycles. The van der Waals surface area contributed by atoms with Gasteiger partial charge in [-0.25, -0.2) is 9.67 Å². The summed E-state index contributed by atoms with van der Waals surface area (Å²) in [6.07, 6.45) is 1.66. The van der Waals surface area contributed by atoms with Crippen molar-refractivity contribution in [1.82, 2.24) is 20.0 Å². The first kappa shape index (κ1) is 11.0. The standard InChI is InChI=1S/C12H9ClN4O/c1-18-12-11-10(6-7-14-12)17(16-15-11)9-4-2-8(13)3-5-9/h2-7H,1H3. The minimum Gasteiger partial charge on any atom is -0.479 e. The molecule has 3 aromatic rings. The van der Waals surface area contributed by atoms with Crippen molar-refractivity contribution >= 4 is 22.6 Å². The molecule has 2 heterocycles. The Morgan fingerprint density at radius 3 is 2.67 bits per heavy atom. The van der Waals surface area contributed by atoms with E-state index in [1.54, 1.807) is 18.0 Å². The SMILES string of the molecule is COc1nccc2c1nnn2-c1ccc(Cl)cc1. The van der Waals surface area contributed by atoms with E-state index in [0.29, 0.717) is 16.4 Å². The van der Waals surface area contributed by atoms with Gasteiger partial charge >= 0.3 is 0 Å². The lowest BCUT2D eigenvalue weighted by Crippen LogP contribution is -1.96. The van der Waals surface area contributed by atoms with Gasteiger partial charge in [0.05, 0.1) is 12.8 Å². The lowest BCUT2D eigenvalue weighted by atomic mass is 10.3. The van der Waals surface area contributed by atoms with Gasteiger partial charge in [0, 0.05) is 11.2 Å². The smallest absolute Gasteiger partial charge is 0.243 e. The van der Waals surface area contributed by atoms with Crippen LogP contribution in [0.25, 0.3) is 16.7 Å². The number of ether oxygens (including phenoxy) is 1. The molecule has 0 aliphatic heterocycles. The van der Waals surface area contributed by atoms with Gasteiger partial charge < -0.3 is 4.74 Å². The Labute approximate surface area is 108 Å². The highest BCUT2D eigenvalue weighted by Gasteiger charge is 2.11. The number of benzene rings is 1. The van der Waals surface area contributed by atoms with E-state index in [0.717, 1.165) is 11.2 Å². The molecule has 3 rings (SSSR count). The molecule has 0 atom stereocenters. The van der Waals surface area contributed by atoms with Crippen molar-refractivity contribution in [2.24, 2.45) is 0 Å². The highest BCUT2D eigenvalue weighted by molar-refractivity contribution is 6.30. The molecule has 0 aliphatic carbocycles. The Bertz CT molecular complexity index is 693. The third kappa shape index (κ3) is 1.69. The third-order valence-corrected chi connectivity index (χ3v) is 2.85. The average Bonchev–Trinajstić information content (AvgIpc) is 2.83. The molecule has 0 amide bonds. The molecule has 0 saturated carbocycles. The molecular weight excluding hydrogens is 252 g/mol. The van der Waals surface area contributed by atoms with Crippen molar-refractivity contribution in [3.8, 4) is 11.6 Å². The fraction of sp³-hybridized carbons (Fsp3) is 0.0833. The Balaban J connectivity index is 2.21. The summed E-state index contributed by atoms with van der Waals surface area (Å²) in [5.74, 6) is 0.465. The Morgan fingerprint density at radius 2 is 1.94 bits per heavy atom. The van der Waals surface area contributed by atoms with Crippen molar-refractivity contribution in [3.05, 3.63) is 41.6 Å². The van der Waals surface area contributed by atoms with Crippen LogP contribution < -0.4 is 4.74 Å². The maximum Gasteiger partial charge on any atom is 0.243 e. The molecule has 0 radical (unpaired) electrons. The van der Waals surface area contributed by atoms with Gasteiger partial charge in [0.1, 0.15) is 5.52 Å². The van der Waals surface area contributed by atoms with Crippen LogP contribution in [-0.2, 0) is 0 Å². The second-order valence-electron chi connectivity index (χ2n) is 3.67. The first-order valence-electron chi connectivity index (χ1n) is 5.30. The molecular formula is C12H9ClN4O. The highest BCUT2D eigenvalue weighted by Crippen LogP contribution is 2.22. The zero-order valence-corrected chi connectivity index (χ0v) is 10.3. The van der Waals surface area contributed by atoms with E-state index in [-0.39, 0.29) is 0 Å². The zero-order chi connectivity index (χ0) is 12.5. The van der Waals surface area contributed by atoms with E-state index in [2.05, 4.69) is 15.3 Å². The van der Waals surface area contributed by atoms with E-state index in [9.17, 15) is 0 Å². The van der Waals surface area contributed by atoms with Crippen molar-refractivity contribution in [2.45, 2.75) is 0 Å². The molecule has 0 fully saturated rings. The molecule has 2 aromatic heterocycles. The van der Waals surface area contributed by atoms with Crippen LogP contribution in [0.15, 0.2) is 36.5 Å². The van der Waals surface area contributed by atoms with Crippen LogP contribution in [0.3, 0.4) is 0 Å². The van der Waals surface area contributed by atoms with Crippen LogP contribution in [0.4, 0.5) is 0 Å². The summed E-state index contributed by atoms with van der Waals surface area (Å²) in [6.45, 7) is 0. The maximum atomic E-state index is 5.86. The summed E-state index contributed by atoms with van der Waals surface area (Å²) in [4.78, 5) is 4.09. The van der Waals surface area contributed by atoms with Crippen LogP contribution in [-0.4, -0.2) is 27.1 Å². The molecule has 0 unspecified atom stereocenters. The molecule has 0 saturated heterocycles. The molecule has 6 heteroatoms. The first-order chi connectivity index (χ1) is 8.79. The molecule has 90 valence electrons. The van der Waals surface area contributed by atoms with Gasteiger partial charge in [-0.05, 0) is 30.3 Å². The van der Waals surface area contributed by atoms with Gasteiger partial charge in [0.25, 0.3) is 0 Å². The summed E-state index contributed by atoms with van der Waals surface area (Å²) in [5.41, 5.74) is 2.36. The number of hydrogen-bond acceptors (Lipinski definition) is 4. The summed E-state index contributed by atoms with van der Waals surface area (Å²) in [6, 6.07) is 9.21. The topological polar surface area (TPSA) is 52.8 Å². The van der Waals surface area contributed by atoms with Crippen molar-refractivity contribution in [3.63, 3.8) is 0 Å². The second kappa shape index (κ2) is 4.27. The number of pyridine rings is 1. The van der Waals surface area contributed by atoms with Crippen LogP contribution in [0, 0.1) is 0 Å². The molecule has 0 bridgehead atoms. The number of hydrogen-bond donors (Lipinski definition) is 0. The number of halogens is 1. The van der Waals surface area contributed by atoms with Gasteiger partial charge in [-0.2, -0.15) is 0 Å². The van der Waals surface area contributed by atoms with Crippen molar-refractivity contribution < 1.29 is 4.74 Å². The fourth-order valence-electron chi connectivity index (χ4n) is 1.75. The Morgan fingerprint density at radius 1 is 1.17 bits per heavy atom. The zero-order valence-electron chi connectivity index (χ0n) is 9.54. The monoisotopic (exact) mass is 260 g/mol. The van der Waals surface area contributed by atoms with Crippen LogP contribution in [0.2, 0.25) is 5.02 Å². The Kier molecular flexibility index (Phi) is 2.60. The number of rotatable bonds is 2. The van der Waals surface area contributed by atoms with Crippen LogP contribution in [0.1, 0.15) is 0 Å². The molecule has 0 N–H and O–H groups in total. The largest absolute Gasteiger partial charge is 0.479 e. The molecule has 0 aliphatic rings. The van der Waals surface area contributed by atoms with Crippen molar-refractivity contribution in [1.29, 1.82) is 0 Å². The number of methoxy groups -OCH3 is 1. The van der Waals surface area contributed by atoms with E-state index < -0.39 is 0 Å². The minimum atomic E-state index is 0.465. The van der Waals surface area contributed by atoms with E-state index >= 15 is 0 Å². The number of nitrogens with zero attached hydrogens (tertiary/aromatic N) is 4. The number of aromatic nitrogens is 4.